The smallest absolute Gasteiger partial charge is 0.158 e. The van der Waals surface area contributed by atoms with Crippen LogP contribution in [0.5, 0.6) is 0 Å². The molecule has 1 heterocycles. The van der Waals surface area contributed by atoms with Crippen molar-refractivity contribution in [1.29, 1.82) is 0 Å². The zero-order valence-electron chi connectivity index (χ0n) is 8.27. The first kappa shape index (κ1) is 11.0. The Bertz CT molecular complexity index is 413. The highest BCUT2D eigenvalue weighted by Crippen LogP contribution is 2.14. The van der Waals surface area contributed by atoms with Gasteiger partial charge in [0, 0.05) is 6.20 Å². The summed E-state index contributed by atoms with van der Waals surface area (Å²) in [5.74, 6) is -0.0860. The standard InChI is InChI=1S/C9H14N2O2S/c1-7(2)14(12,13)6-9-8(10)4-3-5-11-9/h3-5,7H,6,10H2,1-2H3. The van der Waals surface area contributed by atoms with Gasteiger partial charge >= 0.3 is 0 Å². The highest BCUT2D eigenvalue weighted by atomic mass is 32.2. The number of pyridine rings is 1. The summed E-state index contributed by atoms with van der Waals surface area (Å²) < 4.78 is 23.1. The molecule has 0 fully saturated rings. The maximum absolute atomic E-state index is 11.6. The van der Waals surface area contributed by atoms with Gasteiger partial charge in [-0.1, -0.05) is 0 Å². The minimum absolute atomic E-state index is 0.0860. The lowest BCUT2D eigenvalue weighted by atomic mass is 10.3. The van der Waals surface area contributed by atoms with Crippen molar-refractivity contribution in [3.8, 4) is 0 Å². The van der Waals surface area contributed by atoms with Crippen LogP contribution < -0.4 is 5.73 Å². The van der Waals surface area contributed by atoms with Crippen LogP contribution in [-0.4, -0.2) is 18.7 Å². The van der Waals surface area contributed by atoms with Crippen molar-refractivity contribution in [2.75, 3.05) is 5.73 Å². The molecule has 0 unspecified atom stereocenters. The van der Waals surface area contributed by atoms with Gasteiger partial charge in [0.15, 0.2) is 9.84 Å². The van der Waals surface area contributed by atoms with Crippen molar-refractivity contribution < 1.29 is 8.42 Å². The molecule has 0 radical (unpaired) electrons. The van der Waals surface area contributed by atoms with Crippen molar-refractivity contribution in [2.24, 2.45) is 0 Å². The molecule has 0 saturated heterocycles. The Kier molecular flexibility index (Phi) is 3.10. The van der Waals surface area contributed by atoms with Crippen LogP contribution in [0.4, 0.5) is 5.69 Å². The Morgan fingerprint density at radius 2 is 2.14 bits per heavy atom. The first-order chi connectivity index (χ1) is 6.43. The molecule has 0 saturated carbocycles. The van der Waals surface area contributed by atoms with Crippen LogP contribution in [0.1, 0.15) is 19.5 Å². The Balaban J connectivity index is 2.96. The molecule has 78 valence electrons. The summed E-state index contributed by atoms with van der Waals surface area (Å²) in [6, 6.07) is 3.33. The normalized spacial score (nSPS) is 11.9. The van der Waals surface area contributed by atoms with Gasteiger partial charge in [-0.05, 0) is 26.0 Å². The molecule has 0 aromatic carbocycles. The first-order valence-electron chi connectivity index (χ1n) is 4.34. The van der Waals surface area contributed by atoms with Crippen molar-refractivity contribution in [1.82, 2.24) is 4.98 Å². The van der Waals surface area contributed by atoms with E-state index in [1.165, 1.54) is 0 Å². The fourth-order valence-corrected chi connectivity index (χ4v) is 1.88. The van der Waals surface area contributed by atoms with E-state index in [2.05, 4.69) is 4.98 Å². The number of nitrogens with two attached hydrogens (primary N) is 1. The zero-order valence-corrected chi connectivity index (χ0v) is 9.08. The molecule has 0 amide bonds. The van der Waals surface area contributed by atoms with Crippen LogP contribution in [0.15, 0.2) is 18.3 Å². The Hall–Kier alpha value is -1.10. The maximum atomic E-state index is 11.6. The lowest BCUT2D eigenvalue weighted by molar-refractivity contribution is 0.586. The zero-order chi connectivity index (χ0) is 10.8. The molecule has 4 nitrogen and oxygen atoms in total. The van der Waals surface area contributed by atoms with Gasteiger partial charge in [-0.3, -0.25) is 4.98 Å². The number of hydrogen-bond acceptors (Lipinski definition) is 4. The third-order valence-corrected chi connectivity index (χ3v) is 4.09. The van der Waals surface area contributed by atoms with E-state index >= 15 is 0 Å². The topological polar surface area (TPSA) is 73.0 Å². The monoisotopic (exact) mass is 214 g/mol. The average Bonchev–Trinajstić information content (AvgIpc) is 2.08. The number of anilines is 1. The average molecular weight is 214 g/mol. The molecule has 0 bridgehead atoms. The molecule has 0 spiro atoms. The van der Waals surface area contributed by atoms with Crippen molar-refractivity contribution in [3.05, 3.63) is 24.0 Å². The number of nitrogen functional groups attached to an aromatic ring is 1. The van der Waals surface area contributed by atoms with E-state index in [1.807, 2.05) is 0 Å². The summed E-state index contributed by atoms with van der Waals surface area (Å²) in [6.07, 6.45) is 1.54. The highest BCUT2D eigenvalue weighted by Gasteiger charge is 2.18. The number of aromatic nitrogens is 1. The highest BCUT2D eigenvalue weighted by molar-refractivity contribution is 7.91. The Morgan fingerprint density at radius 1 is 1.50 bits per heavy atom. The summed E-state index contributed by atoms with van der Waals surface area (Å²) in [5, 5.41) is -0.399. The van der Waals surface area contributed by atoms with Gasteiger partial charge in [-0.25, -0.2) is 8.42 Å². The van der Waals surface area contributed by atoms with Gasteiger partial charge in [-0.15, -0.1) is 0 Å². The quantitative estimate of drug-likeness (QED) is 0.814. The fourth-order valence-electron chi connectivity index (χ4n) is 0.928. The second kappa shape index (κ2) is 3.96. The van der Waals surface area contributed by atoms with Gasteiger partial charge in [0.2, 0.25) is 0 Å². The third kappa shape index (κ3) is 2.45. The number of nitrogens with zero attached hydrogens (tertiary/aromatic N) is 1. The maximum Gasteiger partial charge on any atom is 0.158 e. The van der Waals surface area contributed by atoms with Crippen LogP contribution >= 0.6 is 0 Å². The lowest BCUT2D eigenvalue weighted by Gasteiger charge is -2.08. The van der Waals surface area contributed by atoms with E-state index in [4.69, 9.17) is 5.73 Å². The first-order valence-corrected chi connectivity index (χ1v) is 6.06. The summed E-state index contributed by atoms with van der Waals surface area (Å²) in [6.45, 7) is 3.29. The van der Waals surface area contributed by atoms with Crippen LogP contribution in [0.3, 0.4) is 0 Å². The van der Waals surface area contributed by atoms with Crippen molar-refractivity contribution >= 4 is 15.5 Å². The van der Waals surface area contributed by atoms with Gasteiger partial charge in [0.05, 0.1) is 22.4 Å². The number of hydrogen-bond donors (Lipinski definition) is 1. The predicted octanol–water partition coefficient (Wildman–Crippen LogP) is 0.987. The van der Waals surface area contributed by atoms with Crippen LogP contribution in [-0.2, 0) is 15.6 Å². The molecule has 0 aliphatic carbocycles. The molecule has 0 aliphatic heterocycles. The van der Waals surface area contributed by atoms with Crippen LogP contribution in [0.25, 0.3) is 0 Å². The van der Waals surface area contributed by atoms with Crippen molar-refractivity contribution in [2.45, 2.75) is 24.9 Å². The lowest BCUT2D eigenvalue weighted by Crippen LogP contribution is -2.17. The van der Waals surface area contributed by atoms with E-state index in [0.29, 0.717) is 11.4 Å². The second-order valence-corrected chi connectivity index (χ2v) is 5.95. The van der Waals surface area contributed by atoms with Crippen LogP contribution in [0.2, 0.25) is 0 Å². The molecular weight excluding hydrogens is 200 g/mol. The van der Waals surface area contributed by atoms with Crippen LogP contribution in [0, 0.1) is 0 Å². The molecule has 1 aromatic heterocycles. The van der Waals surface area contributed by atoms with Gasteiger partial charge in [-0.2, -0.15) is 0 Å². The molecule has 5 heteroatoms. The number of rotatable bonds is 3. The molecular formula is C9H14N2O2S. The summed E-state index contributed by atoms with van der Waals surface area (Å²) in [4.78, 5) is 3.94. The van der Waals surface area contributed by atoms with E-state index in [0.717, 1.165) is 0 Å². The van der Waals surface area contributed by atoms with Gasteiger partial charge in [0.25, 0.3) is 0 Å². The van der Waals surface area contributed by atoms with E-state index < -0.39 is 15.1 Å². The largest absolute Gasteiger partial charge is 0.397 e. The predicted molar refractivity (Wildman–Crippen MR) is 56.4 cm³/mol. The van der Waals surface area contributed by atoms with E-state index in [1.54, 1.807) is 32.2 Å². The Morgan fingerprint density at radius 3 is 2.64 bits per heavy atom. The minimum atomic E-state index is -3.12. The SMILES string of the molecule is CC(C)S(=O)(=O)Cc1ncccc1N. The summed E-state index contributed by atoms with van der Waals surface area (Å²) in [5.41, 5.74) is 6.46. The molecule has 1 aromatic rings. The van der Waals surface area contributed by atoms with E-state index in [9.17, 15) is 8.42 Å². The minimum Gasteiger partial charge on any atom is -0.397 e. The fraction of sp³-hybridized carbons (Fsp3) is 0.444. The molecule has 1 rings (SSSR count). The van der Waals surface area contributed by atoms with Gasteiger partial charge < -0.3 is 5.73 Å². The Labute approximate surface area is 84.1 Å². The molecule has 0 aliphatic rings. The van der Waals surface area contributed by atoms with E-state index in [-0.39, 0.29) is 5.75 Å². The third-order valence-electron chi connectivity index (χ3n) is 1.98. The number of sulfone groups is 1. The summed E-state index contributed by atoms with van der Waals surface area (Å²) >= 11 is 0. The second-order valence-electron chi connectivity index (χ2n) is 3.40. The summed E-state index contributed by atoms with van der Waals surface area (Å²) in [7, 11) is -3.12. The molecule has 14 heavy (non-hydrogen) atoms. The molecule has 2 N–H and O–H groups in total. The van der Waals surface area contributed by atoms with Gasteiger partial charge in [0.1, 0.15) is 0 Å². The molecule has 0 atom stereocenters. The van der Waals surface area contributed by atoms with Crippen molar-refractivity contribution in [3.63, 3.8) is 0 Å².